The van der Waals surface area contributed by atoms with Crippen molar-refractivity contribution in [1.82, 2.24) is 20.2 Å². The Balaban J connectivity index is 2.15. The number of hydrogen-bond acceptors (Lipinski definition) is 5. The van der Waals surface area contributed by atoms with Crippen LogP contribution >= 0.6 is 27.7 Å². The first-order valence-corrected chi connectivity index (χ1v) is 6.94. The van der Waals surface area contributed by atoms with Gasteiger partial charge < -0.3 is 0 Å². The zero-order valence-corrected chi connectivity index (χ0v) is 12.3. The van der Waals surface area contributed by atoms with E-state index < -0.39 is 0 Å². The molecule has 0 radical (unpaired) electrons. The van der Waals surface area contributed by atoms with Gasteiger partial charge in [-0.05, 0) is 23.4 Å². The van der Waals surface area contributed by atoms with E-state index in [1.807, 2.05) is 25.1 Å². The molecule has 0 fully saturated rings. The summed E-state index contributed by atoms with van der Waals surface area (Å²) in [7, 11) is 1.75. The van der Waals surface area contributed by atoms with E-state index in [4.69, 9.17) is 0 Å². The van der Waals surface area contributed by atoms with Gasteiger partial charge in [0.15, 0.2) is 5.78 Å². The maximum absolute atomic E-state index is 12.3. The Hall–Kier alpha value is -1.21. The van der Waals surface area contributed by atoms with Crippen LogP contribution in [-0.4, -0.2) is 31.2 Å². The molecule has 2 rings (SSSR count). The van der Waals surface area contributed by atoms with Crippen molar-refractivity contribution in [1.29, 1.82) is 0 Å². The molecule has 0 spiro atoms. The number of carbonyl (C=O) groups excluding carboxylic acids is 1. The van der Waals surface area contributed by atoms with Crippen molar-refractivity contribution in [3.8, 4) is 0 Å². The molecule has 1 aromatic heterocycles. The van der Waals surface area contributed by atoms with Crippen LogP contribution in [0.5, 0.6) is 0 Å². The van der Waals surface area contributed by atoms with Gasteiger partial charge in [0.2, 0.25) is 5.16 Å². The molecular weight excluding hydrogens is 316 g/mol. The molecule has 0 N–H and O–H groups in total. The predicted octanol–water partition coefficient (Wildman–Crippen LogP) is 2.34. The number of aromatic nitrogens is 4. The van der Waals surface area contributed by atoms with Crippen molar-refractivity contribution in [3.63, 3.8) is 0 Å². The van der Waals surface area contributed by atoms with E-state index in [1.165, 1.54) is 11.8 Å². The Kier molecular flexibility index (Phi) is 4.13. The SMILES string of the molecule is C[C@H](Sc1nnnn1C)C(=O)c1ccccc1Br. The standard InChI is InChI=1S/C11H11BrN4OS/c1-7(18-11-13-14-15-16(11)2)10(17)8-5-3-4-6-9(8)12/h3-7H,1-2H3/t7-/m0/s1. The summed E-state index contributed by atoms with van der Waals surface area (Å²) in [5.74, 6) is 0.0514. The molecule has 0 saturated carbocycles. The number of thioether (sulfide) groups is 1. The van der Waals surface area contributed by atoms with Crippen LogP contribution in [0.15, 0.2) is 33.9 Å². The van der Waals surface area contributed by atoms with Crippen LogP contribution in [0.4, 0.5) is 0 Å². The van der Waals surface area contributed by atoms with Crippen molar-refractivity contribution in [3.05, 3.63) is 34.3 Å². The highest BCUT2D eigenvalue weighted by atomic mass is 79.9. The first kappa shape index (κ1) is 13.2. The van der Waals surface area contributed by atoms with Crippen molar-refractivity contribution < 1.29 is 4.79 Å². The van der Waals surface area contributed by atoms with Crippen LogP contribution < -0.4 is 0 Å². The lowest BCUT2D eigenvalue weighted by molar-refractivity contribution is 0.0993. The fourth-order valence-corrected chi connectivity index (χ4v) is 2.72. The van der Waals surface area contributed by atoms with E-state index in [0.717, 1.165) is 4.47 Å². The maximum atomic E-state index is 12.3. The molecule has 1 heterocycles. The minimum atomic E-state index is -0.242. The summed E-state index contributed by atoms with van der Waals surface area (Å²) < 4.78 is 2.35. The summed E-state index contributed by atoms with van der Waals surface area (Å²) in [6.45, 7) is 1.85. The van der Waals surface area contributed by atoms with Gasteiger partial charge in [-0.25, -0.2) is 4.68 Å². The number of Topliss-reactive ketones (excluding diaryl/α,β-unsaturated/α-hetero) is 1. The van der Waals surface area contributed by atoms with Crippen molar-refractivity contribution in [2.45, 2.75) is 17.3 Å². The molecule has 7 heteroatoms. The van der Waals surface area contributed by atoms with Crippen LogP contribution in [0.2, 0.25) is 0 Å². The Morgan fingerprint density at radius 2 is 2.17 bits per heavy atom. The van der Waals surface area contributed by atoms with Gasteiger partial charge in [-0.1, -0.05) is 45.9 Å². The topological polar surface area (TPSA) is 60.7 Å². The van der Waals surface area contributed by atoms with Crippen LogP contribution in [0.1, 0.15) is 17.3 Å². The lowest BCUT2D eigenvalue weighted by Crippen LogP contribution is -2.15. The molecule has 0 aliphatic carbocycles. The molecule has 94 valence electrons. The van der Waals surface area contributed by atoms with Gasteiger partial charge in [0.05, 0.1) is 5.25 Å². The zero-order chi connectivity index (χ0) is 13.1. The van der Waals surface area contributed by atoms with Crippen molar-refractivity contribution in [2.75, 3.05) is 0 Å². The number of aryl methyl sites for hydroxylation is 1. The number of halogens is 1. The van der Waals surface area contributed by atoms with E-state index in [-0.39, 0.29) is 11.0 Å². The highest BCUT2D eigenvalue weighted by molar-refractivity contribution is 9.10. The first-order chi connectivity index (χ1) is 8.59. The fraction of sp³-hybridized carbons (Fsp3) is 0.273. The molecule has 0 saturated heterocycles. The highest BCUT2D eigenvalue weighted by Crippen LogP contribution is 2.25. The van der Waals surface area contributed by atoms with E-state index in [0.29, 0.717) is 10.7 Å². The summed E-state index contributed by atoms with van der Waals surface area (Å²) in [6, 6.07) is 7.39. The summed E-state index contributed by atoms with van der Waals surface area (Å²) in [5.41, 5.74) is 0.674. The third-order valence-corrected chi connectivity index (χ3v) is 4.19. The van der Waals surface area contributed by atoms with E-state index in [9.17, 15) is 4.79 Å². The zero-order valence-electron chi connectivity index (χ0n) is 9.87. The van der Waals surface area contributed by atoms with Crippen LogP contribution in [0.3, 0.4) is 0 Å². The average molecular weight is 327 g/mol. The predicted molar refractivity (Wildman–Crippen MR) is 72.6 cm³/mol. The number of rotatable bonds is 4. The second-order valence-electron chi connectivity index (χ2n) is 3.69. The molecule has 1 aromatic carbocycles. The van der Waals surface area contributed by atoms with Gasteiger partial charge in [-0.2, -0.15) is 0 Å². The average Bonchev–Trinajstić information content (AvgIpc) is 2.75. The lowest BCUT2D eigenvalue weighted by Gasteiger charge is -2.09. The number of nitrogens with zero attached hydrogens (tertiary/aromatic N) is 4. The Bertz CT molecular complexity index is 572. The fourth-order valence-electron chi connectivity index (χ4n) is 1.41. The molecule has 18 heavy (non-hydrogen) atoms. The third-order valence-electron chi connectivity index (χ3n) is 2.37. The smallest absolute Gasteiger partial charge is 0.209 e. The van der Waals surface area contributed by atoms with Gasteiger partial charge in [-0.15, -0.1) is 5.10 Å². The Morgan fingerprint density at radius 3 is 2.78 bits per heavy atom. The molecule has 2 aromatic rings. The second-order valence-corrected chi connectivity index (χ2v) is 5.85. The second kappa shape index (κ2) is 5.62. The van der Waals surface area contributed by atoms with E-state index in [1.54, 1.807) is 17.8 Å². The monoisotopic (exact) mass is 326 g/mol. The molecule has 5 nitrogen and oxygen atoms in total. The van der Waals surface area contributed by atoms with Crippen LogP contribution in [-0.2, 0) is 7.05 Å². The summed E-state index contributed by atoms with van der Waals surface area (Å²) >= 11 is 4.73. The number of carbonyl (C=O) groups is 1. The van der Waals surface area contributed by atoms with Gasteiger partial charge in [0.25, 0.3) is 0 Å². The van der Waals surface area contributed by atoms with Crippen molar-refractivity contribution >= 4 is 33.5 Å². The summed E-state index contributed by atoms with van der Waals surface area (Å²) in [6.07, 6.45) is 0. The molecule has 0 aliphatic heterocycles. The van der Waals surface area contributed by atoms with Gasteiger partial charge in [-0.3, -0.25) is 4.79 Å². The number of benzene rings is 1. The minimum Gasteiger partial charge on any atom is -0.293 e. The maximum Gasteiger partial charge on any atom is 0.209 e. The molecule has 1 atom stereocenters. The Morgan fingerprint density at radius 1 is 1.44 bits per heavy atom. The van der Waals surface area contributed by atoms with Gasteiger partial charge in [0, 0.05) is 17.1 Å². The summed E-state index contributed by atoms with van der Waals surface area (Å²) in [5, 5.41) is 11.5. The Labute approximate surface area is 117 Å². The normalized spacial score (nSPS) is 12.4. The minimum absolute atomic E-state index is 0.0514. The van der Waals surface area contributed by atoms with Gasteiger partial charge >= 0.3 is 0 Å². The number of hydrogen-bond donors (Lipinski definition) is 0. The largest absolute Gasteiger partial charge is 0.293 e. The van der Waals surface area contributed by atoms with Crippen molar-refractivity contribution in [2.24, 2.45) is 7.05 Å². The number of ketones is 1. The first-order valence-electron chi connectivity index (χ1n) is 5.27. The molecule has 0 aliphatic rings. The summed E-state index contributed by atoms with van der Waals surface area (Å²) in [4.78, 5) is 12.3. The lowest BCUT2D eigenvalue weighted by atomic mass is 10.1. The van der Waals surface area contributed by atoms with Gasteiger partial charge in [0.1, 0.15) is 0 Å². The molecule has 0 bridgehead atoms. The van der Waals surface area contributed by atoms with Crippen LogP contribution in [0.25, 0.3) is 0 Å². The molecular formula is C11H11BrN4OS. The van der Waals surface area contributed by atoms with Crippen LogP contribution in [0, 0.1) is 0 Å². The quantitative estimate of drug-likeness (QED) is 0.637. The molecule has 0 unspecified atom stereocenters. The van der Waals surface area contributed by atoms with E-state index >= 15 is 0 Å². The molecule has 0 amide bonds. The number of tetrazole rings is 1. The van der Waals surface area contributed by atoms with E-state index in [2.05, 4.69) is 31.5 Å². The highest BCUT2D eigenvalue weighted by Gasteiger charge is 2.20. The third kappa shape index (κ3) is 2.78.